The zero-order chi connectivity index (χ0) is 12.2. The van der Waals surface area contributed by atoms with Crippen LogP contribution in [0.15, 0.2) is 17.5 Å². The van der Waals surface area contributed by atoms with Gasteiger partial charge in [-0.05, 0) is 30.2 Å². The Morgan fingerprint density at radius 2 is 2.33 bits per heavy atom. The average molecular weight is 263 g/mol. The van der Waals surface area contributed by atoms with Crippen molar-refractivity contribution in [1.29, 1.82) is 0 Å². The predicted molar refractivity (Wildman–Crippen MR) is 70.0 cm³/mol. The van der Waals surface area contributed by atoms with Gasteiger partial charge in [0.2, 0.25) is 0 Å². The lowest BCUT2D eigenvalue weighted by Crippen LogP contribution is -2.26. The molecule has 0 aromatic carbocycles. The maximum absolute atomic E-state index is 3.99. The van der Waals surface area contributed by atoms with Crippen LogP contribution in [-0.4, -0.2) is 20.6 Å². The third kappa shape index (κ3) is 2.59. The first-order valence-corrected chi connectivity index (χ1v) is 7.30. The first-order valence-electron chi connectivity index (χ1n) is 6.42. The number of H-pyrrole nitrogens is 1. The van der Waals surface area contributed by atoms with Crippen LogP contribution in [0.2, 0.25) is 0 Å². The van der Waals surface area contributed by atoms with E-state index in [1.807, 2.05) is 11.3 Å². The number of nitrogens with zero attached hydrogens (tertiary/aromatic N) is 3. The molecule has 2 heterocycles. The van der Waals surface area contributed by atoms with Gasteiger partial charge in [0.05, 0.1) is 6.54 Å². The Hall–Kier alpha value is -1.27. The van der Waals surface area contributed by atoms with Gasteiger partial charge < -0.3 is 5.32 Å². The van der Waals surface area contributed by atoms with Crippen molar-refractivity contribution in [2.45, 2.75) is 38.3 Å². The Morgan fingerprint density at radius 3 is 3.00 bits per heavy atom. The molecule has 0 amide bonds. The predicted octanol–water partition coefficient (Wildman–Crippen LogP) is 2.28. The second-order valence-electron chi connectivity index (χ2n) is 4.75. The van der Waals surface area contributed by atoms with Crippen molar-refractivity contribution in [3.05, 3.63) is 28.2 Å². The molecule has 1 saturated carbocycles. The number of aromatic nitrogens is 4. The van der Waals surface area contributed by atoms with E-state index in [0.717, 1.165) is 11.7 Å². The van der Waals surface area contributed by atoms with E-state index in [9.17, 15) is 0 Å². The molecule has 18 heavy (non-hydrogen) atoms. The minimum absolute atomic E-state index is 0.436. The smallest absolute Gasteiger partial charge is 0.188 e. The molecule has 96 valence electrons. The van der Waals surface area contributed by atoms with Crippen LogP contribution in [0.1, 0.15) is 42.4 Å². The molecule has 0 aliphatic heterocycles. The number of aromatic amines is 1. The van der Waals surface area contributed by atoms with Crippen molar-refractivity contribution in [1.82, 2.24) is 25.9 Å². The van der Waals surface area contributed by atoms with Crippen LogP contribution >= 0.6 is 11.3 Å². The van der Waals surface area contributed by atoms with Crippen molar-refractivity contribution in [2.75, 3.05) is 0 Å². The summed E-state index contributed by atoms with van der Waals surface area (Å²) in [6.07, 6.45) is 5.36. The average Bonchev–Trinajstić information content (AvgIpc) is 3.14. The fourth-order valence-corrected chi connectivity index (χ4v) is 3.61. The van der Waals surface area contributed by atoms with Gasteiger partial charge in [0, 0.05) is 10.9 Å². The molecule has 0 radical (unpaired) electrons. The lowest BCUT2D eigenvalue weighted by atomic mass is 9.97. The lowest BCUT2D eigenvalue weighted by molar-refractivity contribution is 0.367. The highest BCUT2D eigenvalue weighted by Gasteiger charge is 2.26. The van der Waals surface area contributed by atoms with Gasteiger partial charge >= 0.3 is 0 Å². The van der Waals surface area contributed by atoms with Gasteiger partial charge in [-0.15, -0.1) is 21.5 Å². The zero-order valence-electron chi connectivity index (χ0n) is 10.2. The Morgan fingerprint density at radius 1 is 1.44 bits per heavy atom. The normalized spacial score (nSPS) is 18.2. The summed E-state index contributed by atoms with van der Waals surface area (Å²) >= 11 is 1.83. The number of thiophene rings is 1. The van der Waals surface area contributed by atoms with E-state index in [-0.39, 0.29) is 0 Å². The molecule has 0 saturated heterocycles. The quantitative estimate of drug-likeness (QED) is 0.868. The van der Waals surface area contributed by atoms with E-state index >= 15 is 0 Å². The van der Waals surface area contributed by atoms with Crippen LogP contribution < -0.4 is 5.32 Å². The molecule has 1 aliphatic rings. The van der Waals surface area contributed by atoms with Gasteiger partial charge in [-0.3, -0.25) is 0 Å². The highest BCUT2D eigenvalue weighted by molar-refractivity contribution is 7.10. The summed E-state index contributed by atoms with van der Waals surface area (Å²) in [6, 6.07) is 4.78. The number of hydrogen-bond donors (Lipinski definition) is 2. The zero-order valence-corrected chi connectivity index (χ0v) is 11.0. The Bertz CT molecular complexity index is 447. The van der Waals surface area contributed by atoms with Gasteiger partial charge in [0.25, 0.3) is 0 Å². The molecule has 3 rings (SSSR count). The largest absolute Gasteiger partial charge is 0.302 e. The summed E-state index contributed by atoms with van der Waals surface area (Å²) < 4.78 is 0. The first-order chi connectivity index (χ1) is 8.93. The molecule has 1 aliphatic carbocycles. The number of hydrogen-bond acceptors (Lipinski definition) is 5. The van der Waals surface area contributed by atoms with Crippen LogP contribution in [0.25, 0.3) is 0 Å². The fourth-order valence-electron chi connectivity index (χ4n) is 2.72. The van der Waals surface area contributed by atoms with Gasteiger partial charge in [0.1, 0.15) is 0 Å². The molecule has 1 unspecified atom stereocenters. The lowest BCUT2D eigenvalue weighted by Gasteiger charge is -2.23. The molecule has 1 atom stereocenters. The van der Waals surface area contributed by atoms with Gasteiger partial charge in [0.15, 0.2) is 5.82 Å². The Kier molecular flexibility index (Phi) is 3.66. The fraction of sp³-hybridized carbons (Fsp3) is 0.583. The van der Waals surface area contributed by atoms with E-state index in [4.69, 9.17) is 0 Å². The third-order valence-electron chi connectivity index (χ3n) is 3.59. The molecule has 0 bridgehead atoms. The molecular formula is C12H17N5S. The summed E-state index contributed by atoms with van der Waals surface area (Å²) in [4.78, 5) is 1.42. The summed E-state index contributed by atoms with van der Waals surface area (Å²) in [5.41, 5.74) is 0. The SMILES string of the molecule is c1csc(C(NCc2nn[nH]n2)C2CCCC2)c1. The van der Waals surface area contributed by atoms with Crippen LogP contribution in [0.5, 0.6) is 0 Å². The highest BCUT2D eigenvalue weighted by atomic mass is 32.1. The van der Waals surface area contributed by atoms with Gasteiger partial charge in [-0.1, -0.05) is 24.1 Å². The van der Waals surface area contributed by atoms with Crippen LogP contribution in [0.3, 0.4) is 0 Å². The molecule has 5 nitrogen and oxygen atoms in total. The van der Waals surface area contributed by atoms with Gasteiger partial charge in [-0.25, -0.2) is 0 Å². The summed E-state index contributed by atoms with van der Waals surface area (Å²) in [5.74, 6) is 1.48. The molecular weight excluding hydrogens is 246 g/mol. The number of rotatable bonds is 5. The van der Waals surface area contributed by atoms with Crippen LogP contribution in [-0.2, 0) is 6.54 Å². The van der Waals surface area contributed by atoms with Crippen molar-refractivity contribution < 1.29 is 0 Å². The monoisotopic (exact) mass is 263 g/mol. The van der Waals surface area contributed by atoms with E-state index in [2.05, 4.69) is 43.5 Å². The Labute approximate surface area is 110 Å². The molecule has 0 spiro atoms. The van der Waals surface area contributed by atoms with Crippen LogP contribution in [0.4, 0.5) is 0 Å². The van der Waals surface area contributed by atoms with Crippen molar-refractivity contribution in [3.8, 4) is 0 Å². The first kappa shape index (κ1) is 11.8. The molecule has 2 N–H and O–H groups in total. The van der Waals surface area contributed by atoms with E-state index in [0.29, 0.717) is 12.6 Å². The maximum atomic E-state index is 3.99. The molecule has 1 fully saturated rings. The van der Waals surface area contributed by atoms with Crippen molar-refractivity contribution in [3.63, 3.8) is 0 Å². The topological polar surface area (TPSA) is 66.5 Å². The summed E-state index contributed by atoms with van der Waals surface area (Å²) in [5, 5.41) is 19.8. The second kappa shape index (κ2) is 5.58. The Balaban J connectivity index is 1.69. The van der Waals surface area contributed by atoms with Crippen molar-refractivity contribution in [2.24, 2.45) is 5.92 Å². The third-order valence-corrected chi connectivity index (χ3v) is 4.55. The number of nitrogens with one attached hydrogen (secondary N) is 2. The van der Waals surface area contributed by atoms with Crippen molar-refractivity contribution >= 4 is 11.3 Å². The summed E-state index contributed by atoms with van der Waals surface area (Å²) in [6.45, 7) is 0.676. The maximum Gasteiger partial charge on any atom is 0.188 e. The summed E-state index contributed by atoms with van der Waals surface area (Å²) in [7, 11) is 0. The van der Waals surface area contributed by atoms with Crippen LogP contribution in [0, 0.1) is 5.92 Å². The van der Waals surface area contributed by atoms with E-state index < -0.39 is 0 Å². The van der Waals surface area contributed by atoms with E-state index in [1.54, 1.807) is 0 Å². The minimum atomic E-state index is 0.436. The van der Waals surface area contributed by atoms with E-state index in [1.165, 1.54) is 30.6 Å². The minimum Gasteiger partial charge on any atom is -0.302 e. The second-order valence-corrected chi connectivity index (χ2v) is 5.73. The number of tetrazole rings is 1. The highest BCUT2D eigenvalue weighted by Crippen LogP contribution is 2.37. The molecule has 2 aromatic heterocycles. The molecule has 6 heteroatoms. The standard InChI is InChI=1S/C12H17N5S/c1-2-5-9(4-1)12(10-6-3-7-18-10)13-8-11-14-16-17-15-11/h3,6-7,9,12-13H,1-2,4-5,8H2,(H,14,15,16,17). The van der Waals surface area contributed by atoms with Gasteiger partial charge in [-0.2, -0.15) is 5.21 Å². The molecule has 2 aromatic rings.